The number of benzene rings is 1. The van der Waals surface area contributed by atoms with Gasteiger partial charge in [0.05, 0.1) is 5.02 Å². The van der Waals surface area contributed by atoms with Crippen LogP contribution in [0.5, 0.6) is 0 Å². The Labute approximate surface area is 123 Å². The van der Waals surface area contributed by atoms with E-state index in [0.717, 1.165) is 17.9 Å². The van der Waals surface area contributed by atoms with Crippen LogP contribution in [0.25, 0.3) is 0 Å². The zero-order valence-corrected chi connectivity index (χ0v) is 12.4. The third-order valence-electron chi connectivity index (χ3n) is 2.91. The molecule has 0 radical (unpaired) electrons. The van der Waals surface area contributed by atoms with E-state index in [1.165, 1.54) is 10.5 Å². The third kappa shape index (κ3) is 3.96. The van der Waals surface area contributed by atoms with Gasteiger partial charge in [-0.25, -0.2) is 4.98 Å². The number of halogens is 1. The van der Waals surface area contributed by atoms with Gasteiger partial charge in [-0.3, -0.25) is 0 Å². The van der Waals surface area contributed by atoms with E-state index >= 15 is 0 Å². The van der Waals surface area contributed by atoms with Crippen LogP contribution < -0.4 is 5.73 Å². The number of aromatic nitrogens is 1. The second-order valence-corrected chi connectivity index (χ2v) is 5.81. The molecule has 0 saturated carbocycles. The van der Waals surface area contributed by atoms with Crippen LogP contribution in [0.1, 0.15) is 18.9 Å². The maximum Gasteiger partial charge on any atom is 0.119 e. The first kappa shape index (κ1) is 14.4. The molecule has 0 aliphatic rings. The summed E-state index contributed by atoms with van der Waals surface area (Å²) >= 11 is 7.75. The Balaban J connectivity index is 2.23. The van der Waals surface area contributed by atoms with Crippen LogP contribution >= 0.6 is 23.4 Å². The van der Waals surface area contributed by atoms with Crippen molar-refractivity contribution >= 4 is 23.4 Å². The molecule has 19 heavy (non-hydrogen) atoms. The summed E-state index contributed by atoms with van der Waals surface area (Å²) in [5, 5.41) is 1.52. The SMILES string of the molecule is CCC(N)Cc1ccccc1Sc1ncccc1Cl. The minimum absolute atomic E-state index is 0.195. The number of nitrogens with two attached hydrogens (primary N) is 1. The molecule has 0 fully saturated rings. The van der Waals surface area contributed by atoms with Gasteiger partial charge in [-0.15, -0.1) is 0 Å². The van der Waals surface area contributed by atoms with Crippen LogP contribution in [-0.4, -0.2) is 11.0 Å². The van der Waals surface area contributed by atoms with Crippen molar-refractivity contribution in [3.05, 3.63) is 53.2 Å². The summed E-state index contributed by atoms with van der Waals surface area (Å²) in [6, 6.07) is 12.2. The van der Waals surface area contributed by atoms with E-state index in [9.17, 15) is 0 Å². The Morgan fingerprint density at radius 3 is 2.79 bits per heavy atom. The van der Waals surface area contributed by atoms with Gasteiger partial charge in [-0.2, -0.15) is 0 Å². The molecule has 2 N–H and O–H groups in total. The summed E-state index contributed by atoms with van der Waals surface area (Å²) in [5.74, 6) is 0. The molecule has 1 unspecified atom stereocenters. The monoisotopic (exact) mass is 292 g/mol. The highest BCUT2D eigenvalue weighted by atomic mass is 35.5. The lowest BCUT2D eigenvalue weighted by molar-refractivity contribution is 0.641. The first-order valence-electron chi connectivity index (χ1n) is 6.32. The van der Waals surface area contributed by atoms with E-state index < -0.39 is 0 Å². The molecule has 0 aliphatic heterocycles. The van der Waals surface area contributed by atoms with Crippen molar-refractivity contribution in [3.63, 3.8) is 0 Å². The fourth-order valence-corrected chi connectivity index (χ4v) is 2.90. The molecule has 0 bridgehead atoms. The van der Waals surface area contributed by atoms with Gasteiger partial charge in [0.25, 0.3) is 0 Å². The van der Waals surface area contributed by atoms with Crippen LogP contribution in [0.2, 0.25) is 5.02 Å². The Bertz CT molecular complexity index is 545. The largest absolute Gasteiger partial charge is 0.327 e. The van der Waals surface area contributed by atoms with Gasteiger partial charge in [-0.05, 0) is 36.6 Å². The molecular formula is C15H17ClN2S. The highest BCUT2D eigenvalue weighted by Gasteiger charge is 2.10. The predicted molar refractivity (Wildman–Crippen MR) is 81.8 cm³/mol. The van der Waals surface area contributed by atoms with E-state index in [4.69, 9.17) is 17.3 Å². The average molecular weight is 293 g/mol. The Morgan fingerprint density at radius 2 is 2.05 bits per heavy atom. The van der Waals surface area contributed by atoms with Crippen LogP contribution in [0, 0.1) is 0 Å². The summed E-state index contributed by atoms with van der Waals surface area (Å²) in [7, 11) is 0. The van der Waals surface area contributed by atoms with Gasteiger partial charge >= 0.3 is 0 Å². The van der Waals surface area contributed by atoms with Gasteiger partial charge in [0.2, 0.25) is 0 Å². The molecule has 2 nitrogen and oxygen atoms in total. The molecule has 0 amide bonds. The van der Waals surface area contributed by atoms with Gasteiger partial charge < -0.3 is 5.73 Å². The molecule has 4 heteroatoms. The minimum atomic E-state index is 0.195. The molecule has 0 saturated heterocycles. The van der Waals surface area contributed by atoms with Crippen molar-refractivity contribution in [3.8, 4) is 0 Å². The van der Waals surface area contributed by atoms with Gasteiger partial charge in [-0.1, -0.05) is 48.5 Å². The summed E-state index contributed by atoms with van der Waals surface area (Å²) in [5.41, 5.74) is 7.30. The van der Waals surface area contributed by atoms with Gasteiger partial charge in [0.1, 0.15) is 5.03 Å². The molecule has 2 aromatic rings. The Kier molecular flexibility index (Phi) is 5.25. The van der Waals surface area contributed by atoms with Crippen LogP contribution in [-0.2, 0) is 6.42 Å². The quantitative estimate of drug-likeness (QED) is 0.899. The summed E-state index contributed by atoms with van der Waals surface area (Å²) in [6.07, 6.45) is 3.61. The van der Waals surface area contributed by atoms with E-state index in [1.807, 2.05) is 24.3 Å². The number of hydrogen-bond donors (Lipinski definition) is 1. The Hall–Kier alpha value is -1.03. The molecular weight excluding hydrogens is 276 g/mol. The zero-order chi connectivity index (χ0) is 13.7. The lowest BCUT2D eigenvalue weighted by Gasteiger charge is -2.13. The molecule has 2 rings (SSSR count). The molecule has 1 heterocycles. The number of rotatable bonds is 5. The van der Waals surface area contributed by atoms with Crippen molar-refractivity contribution in [2.24, 2.45) is 5.73 Å². The highest BCUT2D eigenvalue weighted by Crippen LogP contribution is 2.33. The highest BCUT2D eigenvalue weighted by molar-refractivity contribution is 7.99. The van der Waals surface area contributed by atoms with Gasteiger partial charge in [0, 0.05) is 17.1 Å². The minimum Gasteiger partial charge on any atom is -0.327 e. The molecule has 100 valence electrons. The fraction of sp³-hybridized carbons (Fsp3) is 0.267. The fourth-order valence-electron chi connectivity index (χ4n) is 1.75. The second-order valence-electron chi connectivity index (χ2n) is 4.37. The topological polar surface area (TPSA) is 38.9 Å². The first-order valence-corrected chi connectivity index (χ1v) is 7.52. The summed E-state index contributed by atoms with van der Waals surface area (Å²) in [6.45, 7) is 2.11. The van der Waals surface area contributed by atoms with E-state index in [0.29, 0.717) is 5.02 Å². The molecule has 1 aromatic carbocycles. The normalized spacial score (nSPS) is 12.4. The van der Waals surface area contributed by atoms with Gasteiger partial charge in [0.15, 0.2) is 0 Å². The van der Waals surface area contributed by atoms with Crippen molar-refractivity contribution < 1.29 is 0 Å². The maximum absolute atomic E-state index is 6.15. The predicted octanol–water partition coefficient (Wildman–Crippen LogP) is 4.17. The van der Waals surface area contributed by atoms with Crippen LogP contribution in [0.4, 0.5) is 0 Å². The second kappa shape index (κ2) is 6.94. The van der Waals surface area contributed by atoms with Crippen molar-refractivity contribution in [1.82, 2.24) is 4.98 Å². The zero-order valence-electron chi connectivity index (χ0n) is 10.8. The number of nitrogens with zero attached hydrogens (tertiary/aromatic N) is 1. The van der Waals surface area contributed by atoms with E-state index in [-0.39, 0.29) is 6.04 Å². The van der Waals surface area contributed by atoms with Crippen LogP contribution in [0.15, 0.2) is 52.5 Å². The lowest BCUT2D eigenvalue weighted by atomic mass is 10.1. The lowest BCUT2D eigenvalue weighted by Crippen LogP contribution is -2.21. The van der Waals surface area contributed by atoms with Crippen molar-refractivity contribution in [2.75, 3.05) is 0 Å². The van der Waals surface area contributed by atoms with E-state index in [1.54, 1.807) is 18.0 Å². The summed E-state index contributed by atoms with van der Waals surface area (Å²) in [4.78, 5) is 5.49. The van der Waals surface area contributed by atoms with Crippen molar-refractivity contribution in [2.45, 2.75) is 35.7 Å². The Morgan fingerprint density at radius 1 is 1.26 bits per heavy atom. The maximum atomic E-state index is 6.15. The third-order valence-corrected chi connectivity index (χ3v) is 4.46. The molecule has 0 aliphatic carbocycles. The molecule has 0 spiro atoms. The average Bonchev–Trinajstić information content (AvgIpc) is 2.43. The smallest absolute Gasteiger partial charge is 0.119 e. The molecule has 1 atom stereocenters. The standard InChI is InChI=1S/C15H17ClN2S/c1-2-12(17)10-11-6-3-4-8-14(11)19-15-13(16)7-5-9-18-15/h3-9,12H,2,10,17H2,1H3. The first-order chi connectivity index (χ1) is 9.20. The summed E-state index contributed by atoms with van der Waals surface area (Å²) < 4.78 is 0. The molecule has 1 aromatic heterocycles. The van der Waals surface area contributed by atoms with Crippen molar-refractivity contribution in [1.29, 1.82) is 0 Å². The number of hydrogen-bond acceptors (Lipinski definition) is 3. The van der Waals surface area contributed by atoms with E-state index in [2.05, 4.69) is 24.0 Å². The number of pyridine rings is 1. The van der Waals surface area contributed by atoms with Crippen LogP contribution in [0.3, 0.4) is 0 Å².